The van der Waals surface area contributed by atoms with Crippen LogP contribution in [-0.4, -0.2) is 102 Å². The minimum Gasteiger partial charge on any atom is -0.543 e. The largest absolute Gasteiger partial charge is 0.543 e. The van der Waals surface area contributed by atoms with E-state index in [2.05, 4.69) is 35.8 Å². The number of carbonyl (C=O) groups is 5. The number of hydrogen-bond donors (Lipinski definition) is 7. The molecule has 0 aromatic carbocycles. The fraction of sp³-hybridized carbons (Fsp3) is 0.480. The summed E-state index contributed by atoms with van der Waals surface area (Å²) in [6, 6.07) is -1.62. The Morgan fingerprint density at radius 3 is 2.77 bits per heavy atom. The molecule has 5 heterocycles. The Hall–Kier alpha value is -4.96. The molecule has 9 N–H and O–H groups in total. The summed E-state index contributed by atoms with van der Waals surface area (Å²) >= 11 is 1.98. The van der Waals surface area contributed by atoms with Crippen LogP contribution in [0.25, 0.3) is 0 Å². The van der Waals surface area contributed by atoms with Crippen molar-refractivity contribution < 1.29 is 43.7 Å². The van der Waals surface area contributed by atoms with Crippen LogP contribution in [0.1, 0.15) is 26.1 Å². The average Bonchev–Trinajstić information content (AvgIpc) is 3.61. The van der Waals surface area contributed by atoms with Gasteiger partial charge in [0, 0.05) is 42.5 Å². The van der Waals surface area contributed by atoms with Crippen molar-refractivity contribution >= 4 is 75.4 Å². The summed E-state index contributed by atoms with van der Waals surface area (Å²) in [6.07, 6.45) is 2.45. The van der Waals surface area contributed by atoms with Gasteiger partial charge in [-0.1, -0.05) is 5.16 Å². The van der Waals surface area contributed by atoms with Gasteiger partial charge in [-0.05, 0) is 20.3 Å². The number of oxime groups is 1. The zero-order chi connectivity index (χ0) is 34.0. The number of nitrogen functional groups attached to an aromatic ring is 1. The van der Waals surface area contributed by atoms with E-state index in [1.165, 1.54) is 25.6 Å². The van der Waals surface area contributed by atoms with E-state index in [1.807, 2.05) is 4.68 Å². The Kier molecular flexibility index (Phi) is 9.53. The smallest absolute Gasteiger partial charge is 0.350 e. The number of hydrogen-bond acceptors (Lipinski definition) is 15. The molecule has 2 aromatic heterocycles. The fourth-order valence-corrected chi connectivity index (χ4v) is 6.67. The van der Waals surface area contributed by atoms with E-state index >= 15 is 0 Å². The van der Waals surface area contributed by atoms with Crippen LogP contribution in [0.5, 0.6) is 0 Å². The Morgan fingerprint density at radius 2 is 2.11 bits per heavy atom. The zero-order valence-electron chi connectivity index (χ0n) is 25.1. The molecule has 252 valence electrons. The maximum absolute atomic E-state index is 13.3. The van der Waals surface area contributed by atoms with Crippen molar-refractivity contribution in [2.75, 3.05) is 41.8 Å². The van der Waals surface area contributed by atoms with E-state index in [9.17, 15) is 34.2 Å². The number of carboxylic acids is 2. The highest BCUT2D eigenvalue weighted by Crippen LogP contribution is 2.40. The van der Waals surface area contributed by atoms with Crippen LogP contribution in [0, 0.1) is 0 Å². The Labute approximate surface area is 274 Å². The van der Waals surface area contributed by atoms with Gasteiger partial charge < -0.3 is 47.3 Å². The SMILES string of the molecule is CC(C)(O/N=C(\C(=O)N[C@@H]1C(=O)N2C(C(=O)[O-])=C(C[n+]3cc(NC(=O)NCCN)c4n3CCCN4)CS[C@H]12)c1nsc(N)n1)C(=O)O. The van der Waals surface area contributed by atoms with Crippen molar-refractivity contribution in [1.82, 2.24) is 29.6 Å². The number of aromatic nitrogens is 4. The van der Waals surface area contributed by atoms with E-state index in [0.29, 0.717) is 30.2 Å². The van der Waals surface area contributed by atoms with Gasteiger partial charge >= 0.3 is 12.0 Å². The van der Waals surface area contributed by atoms with Crippen LogP contribution in [0.2, 0.25) is 0 Å². The first-order chi connectivity index (χ1) is 22.3. The molecule has 0 spiro atoms. The van der Waals surface area contributed by atoms with Crippen molar-refractivity contribution in [3.05, 3.63) is 23.3 Å². The first kappa shape index (κ1) is 33.4. The van der Waals surface area contributed by atoms with Crippen molar-refractivity contribution in [1.29, 1.82) is 0 Å². The lowest BCUT2D eigenvalue weighted by Crippen LogP contribution is -2.71. The third kappa shape index (κ3) is 6.78. The van der Waals surface area contributed by atoms with Crippen LogP contribution < -0.4 is 42.5 Å². The Balaban J connectivity index is 1.36. The number of rotatable bonds is 12. The normalized spacial score (nSPS) is 19.2. The molecule has 0 aliphatic carbocycles. The highest BCUT2D eigenvalue weighted by Gasteiger charge is 2.53. The lowest BCUT2D eigenvalue weighted by Gasteiger charge is -2.50. The molecule has 5 rings (SSSR count). The molecule has 1 fully saturated rings. The van der Waals surface area contributed by atoms with Crippen molar-refractivity contribution in [2.45, 2.75) is 50.4 Å². The van der Waals surface area contributed by atoms with Crippen LogP contribution in [0.4, 0.5) is 21.4 Å². The predicted octanol–water partition coefficient (Wildman–Crippen LogP) is -3.21. The summed E-state index contributed by atoms with van der Waals surface area (Å²) in [5, 5.41) is 35.8. The highest BCUT2D eigenvalue weighted by atomic mass is 32.2. The first-order valence-electron chi connectivity index (χ1n) is 14.2. The summed E-state index contributed by atoms with van der Waals surface area (Å²) in [4.78, 5) is 72.9. The third-order valence-electron chi connectivity index (χ3n) is 7.25. The molecule has 2 atom stereocenters. The second-order valence-electron chi connectivity index (χ2n) is 11.0. The number of nitrogens with two attached hydrogens (primary N) is 2. The standard InChI is InChI=1S/C25H32N12O8S2/c1-25(2,22(42)43)45-33-13(16-32-23(27)47-34-16)18(38)31-14-19(39)37-15(21(40)41)11(10-46-20(14)37)8-35-9-12(30-24(44)29-6-4-26)17-28-5-3-7-36(17)35/h9,14,20H,3-8,10,26H2,1-2H3,(H7,27,29,30,31,32,34,38,40,41,42,43,44)/b33-13-/t14-,20-/m1/s1. The Bertz CT molecular complexity index is 1680. The number of nitrogens with one attached hydrogen (secondary N) is 4. The van der Waals surface area contributed by atoms with E-state index in [1.54, 1.807) is 10.9 Å². The lowest BCUT2D eigenvalue weighted by atomic mass is 10.0. The maximum atomic E-state index is 13.3. The van der Waals surface area contributed by atoms with Crippen LogP contribution in [0.15, 0.2) is 22.6 Å². The average molecular weight is 693 g/mol. The minimum atomic E-state index is -1.82. The third-order valence-corrected chi connectivity index (χ3v) is 9.13. The summed E-state index contributed by atoms with van der Waals surface area (Å²) in [5.74, 6) is -4.05. The van der Waals surface area contributed by atoms with Crippen molar-refractivity contribution in [3.63, 3.8) is 0 Å². The quantitative estimate of drug-likeness (QED) is 0.0499. The number of amides is 4. The summed E-state index contributed by atoms with van der Waals surface area (Å²) in [5.41, 5.74) is 9.30. The van der Waals surface area contributed by atoms with E-state index in [0.717, 1.165) is 22.9 Å². The molecule has 0 bridgehead atoms. The molecule has 22 heteroatoms. The lowest BCUT2D eigenvalue weighted by molar-refractivity contribution is -0.767. The summed E-state index contributed by atoms with van der Waals surface area (Å²) in [7, 11) is 0. The zero-order valence-corrected chi connectivity index (χ0v) is 26.8. The molecule has 20 nitrogen and oxygen atoms in total. The number of anilines is 3. The molecular formula is C25H32N12O8S2. The second-order valence-corrected chi connectivity index (χ2v) is 12.9. The predicted molar refractivity (Wildman–Crippen MR) is 165 cm³/mol. The fourth-order valence-electron chi connectivity index (χ4n) is 4.90. The van der Waals surface area contributed by atoms with Gasteiger partial charge in [0.25, 0.3) is 11.8 Å². The molecule has 0 radical (unpaired) electrons. The number of urea groups is 1. The van der Waals surface area contributed by atoms with Crippen LogP contribution in [-0.2, 0) is 37.1 Å². The molecule has 47 heavy (non-hydrogen) atoms. The van der Waals surface area contributed by atoms with Gasteiger partial charge in [-0.25, -0.2) is 9.59 Å². The van der Waals surface area contributed by atoms with Crippen LogP contribution >= 0.6 is 23.3 Å². The van der Waals surface area contributed by atoms with Crippen molar-refractivity contribution in [2.24, 2.45) is 10.9 Å². The van der Waals surface area contributed by atoms with Gasteiger partial charge in [0.05, 0.1) is 18.2 Å². The number of β-lactam (4-membered cyclic amide) rings is 1. The number of nitrogens with zero attached hydrogens (tertiary/aromatic N) is 6. The van der Waals surface area contributed by atoms with Crippen molar-refractivity contribution in [3.8, 4) is 0 Å². The molecule has 0 saturated carbocycles. The van der Waals surface area contributed by atoms with Gasteiger partial charge in [-0.15, -0.1) is 21.1 Å². The van der Waals surface area contributed by atoms with Gasteiger partial charge in [0.1, 0.15) is 11.4 Å². The summed E-state index contributed by atoms with van der Waals surface area (Å²) in [6.45, 7) is 4.30. The topological polar surface area (TPSA) is 288 Å². The minimum absolute atomic E-state index is 0.00124. The molecule has 4 amide bonds. The molecule has 3 aliphatic rings. The monoisotopic (exact) mass is 692 g/mol. The van der Waals surface area contributed by atoms with E-state index < -0.39 is 52.5 Å². The van der Waals surface area contributed by atoms with E-state index in [-0.39, 0.29) is 42.0 Å². The molecular weight excluding hydrogens is 660 g/mol. The summed E-state index contributed by atoms with van der Waals surface area (Å²) < 4.78 is 7.55. The molecule has 3 aliphatic heterocycles. The van der Waals surface area contributed by atoms with Gasteiger partial charge in [-0.2, -0.15) is 9.36 Å². The van der Waals surface area contributed by atoms with E-state index in [4.69, 9.17) is 16.3 Å². The Morgan fingerprint density at radius 1 is 1.34 bits per heavy atom. The molecule has 2 aromatic rings. The van der Waals surface area contributed by atoms with Gasteiger partial charge in [0.2, 0.25) is 23.3 Å². The number of carbonyl (C=O) groups excluding carboxylic acids is 4. The second kappa shape index (κ2) is 13.4. The maximum Gasteiger partial charge on any atom is 0.350 e. The highest BCUT2D eigenvalue weighted by molar-refractivity contribution is 8.00. The number of carboxylic acid groups (broad SMARTS) is 2. The van der Waals surface area contributed by atoms with Crippen LogP contribution in [0.3, 0.4) is 0 Å². The van der Waals surface area contributed by atoms with Gasteiger partial charge in [-0.3, -0.25) is 19.8 Å². The van der Waals surface area contributed by atoms with Gasteiger partial charge in [0.15, 0.2) is 23.2 Å². The number of aliphatic carboxylic acids is 2. The number of fused-ring (bicyclic) bond motifs is 2. The molecule has 0 unspecified atom stereocenters. The number of thioether (sulfide) groups is 1. The molecule has 1 saturated heterocycles. The first-order valence-corrected chi connectivity index (χ1v) is 16.0.